The van der Waals surface area contributed by atoms with E-state index in [4.69, 9.17) is 4.74 Å². The van der Waals surface area contributed by atoms with Crippen LogP contribution in [0.1, 0.15) is 30.4 Å². The second-order valence-corrected chi connectivity index (χ2v) is 7.31. The van der Waals surface area contributed by atoms with Crippen LogP contribution in [0.15, 0.2) is 41.8 Å². The van der Waals surface area contributed by atoms with Crippen LogP contribution in [0.3, 0.4) is 0 Å². The molecule has 1 aromatic heterocycles. The molecule has 1 aromatic carbocycles. The van der Waals surface area contributed by atoms with Crippen LogP contribution in [0, 0.1) is 11.7 Å². The largest absolute Gasteiger partial charge is 0.481 e. The van der Waals surface area contributed by atoms with Gasteiger partial charge in [0, 0.05) is 0 Å². The second-order valence-electron chi connectivity index (χ2n) is 6.36. The fourth-order valence-corrected chi connectivity index (χ4v) is 2.86. The van der Waals surface area contributed by atoms with Gasteiger partial charge in [0.1, 0.15) is 17.6 Å². The maximum absolute atomic E-state index is 12.9. The highest BCUT2D eigenvalue weighted by molar-refractivity contribution is 7.12. The van der Waals surface area contributed by atoms with Gasteiger partial charge in [-0.3, -0.25) is 25.2 Å². The molecule has 0 unspecified atom stereocenters. The molecular weight excluding hydrogens is 385 g/mol. The van der Waals surface area contributed by atoms with Crippen molar-refractivity contribution in [3.63, 3.8) is 0 Å². The molecule has 3 amide bonds. The Labute approximate surface area is 166 Å². The quantitative estimate of drug-likeness (QED) is 0.614. The molecule has 0 saturated heterocycles. The number of rotatable bonds is 7. The number of hydrazine groups is 1. The lowest BCUT2D eigenvalue weighted by Gasteiger charge is -2.22. The summed E-state index contributed by atoms with van der Waals surface area (Å²) in [6.45, 7) is 5.05. The van der Waals surface area contributed by atoms with Gasteiger partial charge in [-0.2, -0.15) is 0 Å². The third kappa shape index (κ3) is 6.05. The van der Waals surface area contributed by atoms with E-state index in [1.807, 2.05) is 0 Å². The van der Waals surface area contributed by atoms with Gasteiger partial charge in [-0.05, 0) is 48.6 Å². The molecule has 2 aromatic rings. The van der Waals surface area contributed by atoms with Gasteiger partial charge in [0.05, 0.1) is 4.88 Å². The summed E-state index contributed by atoms with van der Waals surface area (Å²) in [6.07, 6.45) is -0.927. The first-order valence-electron chi connectivity index (χ1n) is 8.64. The van der Waals surface area contributed by atoms with Crippen molar-refractivity contribution in [2.24, 2.45) is 5.92 Å². The topological polar surface area (TPSA) is 96.5 Å². The van der Waals surface area contributed by atoms with Crippen molar-refractivity contribution in [3.8, 4) is 5.75 Å². The molecule has 0 bridgehead atoms. The van der Waals surface area contributed by atoms with E-state index in [1.165, 1.54) is 42.5 Å². The van der Waals surface area contributed by atoms with Gasteiger partial charge >= 0.3 is 0 Å². The normalized spacial score (nSPS) is 12.8. The number of amides is 3. The summed E-state index contributed by atoms with van der Waals surface area (Å²) in [5.74, 6) is -1.80. The lowest BCUT2D eigenvalue weighted by atomic mass is 10.0. The highest BCUT2D eigenvalue weighted by Gasteiger charge is 2.26. The van der Waals surface area contributed by atoms with E-state index in [2.05, 4.69) is 16.2 Å². The van der Waals surface area contributed by atoms with Crippen LogP contribution >= 0.6 is 11.3 Å². The van der Waals surface area contributed by atoms with Crippen LogP contribution in [0.5, 0.6) is 5.75 Å². The van der Waals surface area contributed by atoms with Crippen molar-refractivity contribution in [2.75, 3.05) is 0 Å². The van der Waals surface area contributed by atoms with E-state index in [9.17, 15) is 18.8 Å². The van der Waals surface area contributed by atoms with Crippen molar-refractivity contribution in [2.45, 2.75) is 32.9 Å². The average molecular weight is 407 g/mol. The number of ether oxygens (including phenoxy) is 1. The predicted molar refractivity (Wildman–Crippen MR) is 103 cm³/mol. The van der Waals surface area contributed by atoms with Gasteiger partial charge in [0.2, 0.25) is 0 Å². The SMILES string of the molecule is CC(C)[C@@H](NC(=O)c1cccs1)C(=O)NNC(=O)[C@H](C)Oc1ccc(F)cc1. The number of hydrogen-bond donors (Lipinski definition) is 3. The van der Waals surface area contributed by atoms with Crippen molar-refractivity contribution in [3.05, 3.63) is 52.5 Å². The first kappa shape index (κ1) is 21.4. The zero-order chi connectivity index (χ0) is 20.7. The van der Waals surface area contributed by atoms with E-state index in [-0.39, 0.29) is 11.8 Å². The molecule has 0 spiro atoms. The van der Waals surface area contributed by atoms with Crippen LogP contribution < -0.4 is 20.9 Å². The Bertz CT molecular complexity index is 809. The number of carbonyl (C=O) groups excluding carboxylic acids is 3. The van der Waals surface area contributed by atoms with Crippen molar-refractivity contribution in [1.29, 1.82) is 0 Å². The molecule has 0 fully saturated rings. The minimum atomic E-state index is -0.927. The molecule has 0 aliphatic carbocycles. The monoisotopic (exact) mass is 407 g/mol. The summed E-state index contributed by atoms with van der Waals surface area (Å²) in [5, 5.41) is 4.42. The number of hydrogen-bond acceptors (Lipinski definition) is 5. The van der Waals surface area contributed by atoms with Crippen LogP contribution in [0.4, 0.5) is 4.39 Å². The third-order valence-electron chi connectivity index (χ3n) is 3.79. The van der Waals surface area contributed by atoms with Crippen molar-refractivity contribution < 1.29 is 23.5 Å². The Kier molecular flexibility index (Phi) is 7.51. The molecular formula is C19H22FN3O4S. The van der Waals surface area contributed by atoms with E-state index in [0.717, 1.165) is 0 Å². The first-order valence-corrected chi connectivity index (χ1v) is 9.52. The number of halogens is 1. The van der Waals surface area contributed by atoms with Gasteiger partial charge in [-0.25, -0.2) is 4.39 Å². The van der Waals surface area contributed by atoms with Crippen molar-refractivity contribution in [1.82, 2.24) is 16.2 Å². The summed E-state index contributed by atoms with van der Waals surface area (Å²) in [7, 11) is 0. The molecule has 2 rings (SSSR count). The zero-order valence-corrected chi connectivity index (χ0v) is 16.5. The Morgan fingerprint density at radius 2 is 1.64 bits per heavy atom. The maximum atomic E-state index is 12.9. The smallest absolute Gasteiger partial charge is 0.279 e. The molecule has 9 heteroatoms. The molecule has 3 N–H and O–H groups in total. The molecule has 1 heterocycles. The fourth-order valence-electron chi connectivity index (χ4n) is 2.23. The number of thiophene rings is 1. The molecule has 28 heavy (non-hydrogen) atoms. The number of carbonyl (C=O) groups is 3. The van der Waals surface area contributed by atoms with Crippen LogP contribution in [0.2, 0.25) is 0 Å². The molecule has 150 valence electrons. The molecule has 0 aliphatic rings. The first-order chi connectivity index (χ1) is 13.3. The van der Waals surface area contributed by atoms with Crippen molar-refractivity contribution >= 4 is 29.1 Å². The standard InChI is InChI=1S/C19H22FN3O4S/c1-11(2)16(21-18(25)15-5-4-10-28-15)19(26)23-22-17(24)12(3)27-14-8-6-13(20)7-9-14/h4-12,16H,1-3H3,(H,21,25)(H,22,24)(H,23,26)/t12-,16+/m0/s1. The zero-order valence-electron chi connectivity index (χ0n) is 15.7. The lowest BCUT2D eigenvalue weighted by molar-refractivity contribution is -0.133. The summed E-state index contributed by atoms with van der Waals surface area (Å²) in [4.78, 5) is 37.2. The highest BCUT2D eigenvalue weighted by atomic mass is 32.1. The number of nitrogens with one attached hydrogen (secondary N) is 3. The summed E-state index contributed by atoms with van der Waals surface area (Å²) in [5.41, 5.74) is 4.57. The van der Waals surface area contributed by atoms with E-state index in [0.29, 0.717) is 10.6 Å². The Balaban J connectivity index is 1.87. The van der Waals surface area contributed by atoms with Crippen LogP contribution in [-0.2, 0) is 9.59 Å². The van der Waals surface area contributed by atoms with Gasteiger partial charge in [-0.15, -0.1) is 11.3 Å². The predicted octanol–water partition coefficient (Wildman–Crippen LogP) is 2.26. The van der Waals surface area contributed by atoms with Crippen LogP contribution in [-0.4, -0.2) is 29.9 Å². The Morgan fingerprint density at radius 3 is 2.21 bits per heavy atom. The second kappa shape index (κ2) is 9.84. The minimum absolute atomic E-state index is 0.200. The summed E-state index contributed by atoms with van der Waals surface area (Å²) in [6, 6.07) is 7.79. The van der Waals surface area contributed by atoms with Gasteiger partial charge in [0.25, 0.3) is 17.7 Å². The van der Waals surface area contributed by atoms with Gasteiger partial charge in [-0.1, -0.05) is 19.9 Å². The molecule has 0 saturated carbocycles. The Morgan fingerprint density at radius 1 is 1.00 bits per heavy atom. The van der Waals surface area contributed by atoms with E-state index < -0.39 is 29.8 Å². The lowest BCUT2D eigenvalue weighted by Crippen LogP contribution is -2.55. The van der Waals surface area contributed by atoms with Crippen LogP contribution in [0.25, 0.3) is 0 Å². The van der Waals surface area contributed by atoms with Gasteiger partial charge < -0.3 is 10.1 Å². The summed E-state index contributed by atoms with van der Waals surface area (Å²) >= 11 is 1.27. The Hall–Kier alpha value is -2.94. The van der Waals surface area contributed by atoms with E-state index in [1.54, 1.807) is 31.4 Å². The minimum Gasteiger partial charge on any atom is -0.481 e. The molecule has 0 radical (unpaired) electrons. The average Bonchev–Trinajstić information content (AvgIpc) is 3.20. The molecule has 7 nitrogen and oxygen atoms in total. The summed E-state index contributed by atoms with van der Waals surface area (Å²) < 4.78 is 18.3. The highest BCUT2D eigenvalue weighted by Crippen LogP contribution is 2.13. The van der Waals surface area contributed by atoms with E-state index >= 15 is 0 Å². The number of benzene rings is 1. The maximum Gasteiger partial charge on any atom is 0.279 e. The third-order valence-corrected chi connectivity index (χ3v) is 4.65. The van der Waals surface area contributed by atoms with Gasteiger partial charge in [0.15, 0.2) is 6.10 Å². The molecule has 0 aliphatic heterocycles. The molecule has 2 atom stereocenters. The fraction of sp³-hybridized carbons (Fsp3) is 0.316.